The van der Waals surface area contributed by atoms with Gasteiger partial charge in [0, 0.05) is 21.6 Å². The van der Waals surface area contributed by atoms with Crippen molar-refractivity contribution in [3.63, 3.8) is 0 Å². The molecule has 0 aromatic heterocycles. The van der Waals surface area contributed by atoms with E-state index in [-0.39, 0.29) is 16.3 Å². The first-order valence-electron chi connectivity index (χ1n) is 4.19. The highest BCUT2D eigenvalue weighted by atomic mass is 35.5. The number of carbonyl (C=O) groups excluding carboxylic acids is 1. The van der Waals surface area contributed by atoms with Gasteiger partial charge in [0.05, 0.1) is 4.90 Å². The number of halogens is 1. The van der Waals surface area contributed by atoms with Crippen molar-refractivity contribution in [3.8, 4) is 0 Å². The summed E-state index contributed by atoms with van der Waals surface area (Å²) in [5, 5.41) is 1.34. The molecule has 1 heterocycles. The number of sulfone groups is 1. The van der Waals surface area contributed by atoms with E-state index in [1.807, 2.05) is 0 Å². The number of hydrogen-bond acceptors (Lipinski definition) is 3. The normalized spacial score (nSPS) is 17.1. The molecule has 15 heavy (non-hydrogen) atoms. The molecule has 0 amide bonds. The maximum absolute atomic E-state index is 11.6. The van der Waals surface area contributed by atoms with E-state index in [9.17, 15) is 13.2 Å². The summed E-state index contributed by atoms with van der Waals surface area (Å²) in [7, 11) is -3.49. The quantitative estimate of drug-likeness (QED) is 0.757. The maximum Gasteiger partial charge on any atom is 0.201 e. The minimum absolute atomic E-state index is 0.111. The Bertz CT molecular complexity index is 585. The number of fused-ring (bicyclic) bond motifs is 1. The second kappa shape index (κ2) is 3.18. The molecule has 1 aliphatic heterocycles. The topological polar surface area (TPSA) is 51.2 Å². The molecule has 0 spiro atoms. The Balaban J connectivity index is 2.79. The molecule has 0 bridgehead atoms. The van der Waals surface area contributed by atoms with E-state index in [0.29, 0.717) is 10.6 Å². The first kappa shape index (κ1) is 10.4. The lowest BCUT2D eigenvalue weighted by molar-refractivity contribution is -0.111. The van der Waals surface area contributed by atoms with E-state index in [0.717, 1.165) is 5.41 Å². The lowest BCUT2D eigenvalue weighted by Gasteiger charge is -2.00. The molecule has 5 heteroatoms. The Morgan fingerprint density at radius 1 is 1.33 bits per heavy atom. The standard InChI is InChI=1S/C10H7ClO3S/c1-6(12)9-5-15(13,14)10-4-7(11)2-3-8(9)10/h2-5H,1H3. The van der Waals surface area contributed by atoms with Crippen molar-refractivity contribution in [2.24, 2.45) is 0 Å². The summed E-state index contributed by atoms with van der Waals surface area (Å²) in [5.41, 5.74) is 0.661. The molecule has 0 unspecified atom stereocenters. The molecule has 0 aliphatic carbocycles. The molecule has 1 aliphatic rings. The molecule has 0 atom stereocenters. The third-order valence-corrected chi connectivity index (χ3v) is 3.92. The van der Waals surface area contributed by atoms with Crippen LogP contribution in [-0.2, 0) is 14.6 Å². The van der Waals surface area contributed by atoms with Crippen LogP contribution < -0.4 is 0 Å². The monoisotopic (exact) mass is 242 g/mol. The van der Waals surface area contributed by atoms with Gasteiger partial charge in [-0.25, -0.2) is 8.42 Å². The van der Waals surface area contributed by atoms with Crippen molar-refractivity contribution in [1.29, 1.82) is 0 Å². The zero-order valence-corrected chi connectivity index (χ0v) is 9.39. The Morgan fingerprint density at radius 2 is 2.00 bits per heavy atom. The SMILES string of the molecule is CC(=O)C1=CS(=O)(=O)c2cc(Cl)ccc21. The van der Waals surface area contributed by atoms with E-state index in [2.05, 4.69) is 0 Å². The molecule has 0 N–H and O–H groups in total. The highest BCUT2D eigenvalue weighted by Crippen LogP contribution is 2.35. The van der Waals surface area contributed by atoms with Crippen molar-refractivity contribution < 1.29 is 13.2 Å². The zero-order chi connectivity index (χ0) is 11.2. The molecular formula is C10H7ClO3S. The minimum Gasteiger partial charge on any atom is -0.294 e. The van der Waals surface area contributed by atoms with Crippen LogP contribution in [-0.4, -0.2) is 14.2 Å². The number of allylic oxidation sites excluding steroid dienone is 1. The van der Waals surface area contributed by atoms with Gasteiger partial charge in [-0.15, -0.1) is 0 Å². The van der Waals surface area contributed by atoms with Gasteiger partial charge in [0.25, 0.3) is 0 Å². The number of hydrogen-bond donors (Lipinski definition) is 0. The Morgan fingerprint density at radius 3 is 2.60 bits per heavy atom. The van der Waals surface area contributed by atoms with Gasteiger partial charge in [-0.05, 0) is 19.1 Å². The smallest absolute Gasteiger partial charge is 0.201 e. The summed E-state index contributed by atoms with van der Waals surface area (Å²) in [6.07, 6.45) is 0. The second-order valence-corrected chi connectivity index (χ2v) is 5.48. The number of benzene rings is 1. The van der Waals surface area contributed by atoms with Crippen molar-refractivity contribution in [2.45, 2.75) is 11.8 Å². The van der Waals surface area contributed by atoms with Crippen LogP contribution in [0.1, 0.15) is 12.5 Å². The molecule has 3 nitrogen and oxygen atoms in total. The van der Waals surface area contributed by atoms with Crippen molar-refractivity contribution in [3.05, 3.63) is 34.2 Å². The molecule has 1 aromatic carbocycles. The summed E-state index contributed by atoms with van der Waals surface area (Å²) in [5.74, 6) is -0.264. The van der Waals surface area contributed by atoms with E-state index in [1.165, 1.54) is 13.0 Å². The lowest BCUT2D eigenvalue weighted by atomic mass is 10.1. The van der Waals surface area contributed by atoms with Crippen LogP contribution in [0.15, 0.2) is 28.5 Å². The average molecular weight is 243 g/mol. The van der Waals surface area contributed by atoms with Gasteiger partial charge in [-0.3, -0.25) is 4.79 Å². The van der Waals surface area contributed by atoms with Crippen LogP contribution >= 0.6 is 11.6 Å². The Kier molecular flexibility index (Phi) is 2.20. The summed E-state index contributed by atoms with van der Waals surface area (Å²) < 4.78 is 23.3. The van der Waals surface area contributed by atoms with E-state index in [4.69, 9.17) is 11.6 Å². The molecule has 78 valence electrons. The maximum atomic E-state index is 11.6. The van der Waals surface area contributed by atoms with Gasteiger partial charge in [-0.1, -0.05) is 17.7 Å². The van der Waals surface area contributed by atoms with Crippen LogP contribution in [0.3, 0.4) is 0 Å². The van der Waals surface area contributed by atoms with Gasteiger partial charge in [0.2, 0.25) is 9.84 Å². The average Bonchev–Trinajstić information content (AvgIpc) is 2.39. The number of rotatable bonds is 1. The van der Waals surface area contributed by atoms with E-state index >= 15 is 0 Å². The van der Waals surface area contributed by atoms with Gasteiger partial charge >= 0.3 is 0 Å². The molecule has 0 fully saturated rings. The predicted octanol–water partition coefficient (Wildman–Crippen LogP) is 2.06. The zero-order valence-electron chi connectivity index (χ0n) is 7.82. The van der Waals surface area contributed by atoms with Gasteiger partial charge in [0.15, 0.2) is 5.78 Å². The fourth-order valence-corrected chi connectivity index (χ4v) is 3.25. The molecule has 2 rings (SSSR count). The van der Waals surface area contributed by atoms with Crippen LogP contribution in [0.4, 0.5) is 0 Å². The second-order valence-electron chi connectivity index (χ2n) is 3.27. The van der Waals surface area contributed by atoms with Gasteiger partial charge in [0.1, 0.15) is 0 Å². The third kappa shape index (κ3) is 1.60. The predicted molar refractivity (Wildman–Crippen MR) is 57.3 cm³/mol. The number of ketones is 1. The number of carbonyl (C=O) groups is 1. The van der Waals surface area contributed by atoms with E-state index < -0.39 is 9.84 Å². The first-order chi connectivity index (χ1) is 6.92. The lowest BCUT2D eigenvalue weighted by Crippen LogP contribution is -1.94. The molecule has 0 saturated heterocycles. The Hall–Kier alpha value is -1.13. The van der Waals surface area contributed by atoms with Gasteiger partial charge < -0.3 is 0 Å². The van der Waals surface area contributed by atoms with E-state index in [1.54, 1.807) is 12.1 Å². The van der Waals surface area contributed by atoms with Crippen molar-refractivity contribution in [2.75, 3.05) is 0 Å². The highest BCUT2D eigenvalue weighted by Gasteiger charge is 2.28. The van der Waals surface area contributed by atoms with Crippen LogP contribution in [0.2, 0.25) is 5.02 Å². The fraction of sp³-hybridized carbons (Fsp3) is 0.100. The fourth-order valence-electron chi connectivity index (χ4n) is 1.51. The van der Waals surface area contributed by atoms with Crippen LogP contribution in [0.25, 0.3) is 5.57 Å². The summed E-state index contributed by atoms with van der Waals surface area (Å²) >= 11 is 5.71. The molecule has 1 aromatic rings. The summed E-state index contributed by atoms with van der Waals surface area (Å²) in [6.45, 7) is 1.34. The summed E-state index contributed by atoms with van der Waals surface area (Å²) in [6, 6.07) is 4.48. The van der Waals surface area contributed by atoms with Crippen LogP contribution in [0, 0.1) is 0 Å². The third-order valence-electron chi connectivity index (χ3n) is 2.19. The first-order valence-corrected chi connectivity index (χ1v) is 6.12. The van der Waals surface area contributed by atoms with Crippen LogP contribution in [0.5, 0.6) is 0 Å². The van der Waals surface area contributed by atoms with Crippen molar-refractivity contribution >= 4 is 32.8 Å². The van der Waals surface area contributed by atoms with Gasteiger partial charge in [-0.2, -0.15) is 0 Å². The molecular weight excluding hydrogens is 236 g/mol. The minimum atomic E-state index is -3.49. The molecule has 0 saturated carbocycles. The number of Topliss-reactive ketones (excluding diaryl/α,β-unsaturated/α-hetero) is 1. The highest BCUT2D eigenvalue weighted by molar-refractivity contribution is 7.95. The van der Waals surface area contributed by atoms with Crippen molar-refractivity contribution in [1.82, 2.24) is 0 Å². The molecule has 0 radical (unpaired) electrons. The largest absolute Gasteiger partial charge is 0.294 e. The Labute approximate surface area is 92.3 Å². The summed E-state index contributed by atoms with van der Waals surface area (Å²) in [4.78, 5) is 11.3.